The maximum atomic E-state index is 13.3. The summed E-state index contributed by atoms with van der Waals surface area (Å²) in [6, 6.07) is 16.6. The number of nitrogens with zero attached hydrogens (tertiary/aromatic N) is 2. The third-order valence-corrected chi connectivity index (χ3v) is 4.47. The second kappa shape index (κ2) is 6.72. The third-order valence-electron chi connectivity index (χ3n) is 4.47. The molecule has 0 atom stereocenters. The van der Waals surface area contributed by atoms with Crippen molar-refractivity contribution in [3.05, 3.63) is 106 Å². The Morgan fingerprint density at radius 1 is 1.00 bits per heavy atom. The fourth-order valence-electron chi connectivity index (χ4n) is 3.08. The number of rotatable bonds is 4. The molecule has 0 fully saturated rings. The van der Waals surface area contributed by atoms with Gasteiger partial charge in [0, 0.05) is 11.6 Å². The second-order valence-electron chi connectivity index (χ2n) is 6.31. The molecule has 2 aromatic carbocycles. The van der Waals surface area contributed by atoms with Crippen molar-refractivity contribution in [2.45, 2.75) is 19.1 Å². The molecular weight excluding hydrogens is 347 g/mol. The van der Waals surface area contributed by atoms with Gasteiger partial charge >= 0.3 is 0 Å². The molecule has 27 heavy (non-hydrogen) atoms. The molecule has 0 radical (unpaired) electrons. The number of aromatic nitrogens is 2. The predicted octanol–water partition coefficient (Wildman–Crippen LogP) is 3.59. The van der Waals surface area contributed by atoms with Crippen LogP contribution in [-0.2, 0) is 21.7 Å². The van der Waals surface area contributed by atoms with Crippen LogP contribution in [0.25, 0.3) is 5.69 Å². The average Bonchev–Trinajstić information content (AvgIpc) is 3.14. The number of hydrogen-bond acceptors (Lipinski definition) is 4. The van der Waals surface area contributed by atoms with E-state index in [9.17, 15) is 9.18 Å². The largest absolute Gasteiger partial charge is 0.452 e. The first-order chi connectivity index (χ1) is 13.1. The Kier molecular flexibility index (Phi) is 4.24. The normalized spacial score (nSPS) is 14.6. The van der Waals surface area contributed by atoms with E-state index in [1.807, 2.05) is 31.2 Å². The molecule has 3 aromatic rings. The number of para-hydroxylation sites is 1. The van der Waals surface area contributed by atoms with E-state index in [2.05, 4.69) is 5.10 Å². The molecule has 0 saturated carbocycles. The average molecular weight is 364 g/mol. The van der Waals surface area contributed by atoms with Gasteiger partial charge < -0.3 is 9.47 Å². The summed E-state index contributed by atoms with van der Waals surface area (Å²) in [4.78, 5) is 12.3. The first-order valence-electron chi connectivity index (χ1n) is 8.49. The molecule has 0 saturated heterocycles. The molecule has 0 spiro atoms. The van der Waals surface area contributed by atoms with Crippen LogP contribution in [0.1, 0.15) is 16.8 Å². The number of aryl methyl sites for hydroxylation is 1. The SMILES string of the molecule is Cc1ccccc1-n1nc(CC2(c3ccc(F)cc3)OC=CO2)ccc1=O. The summed E-state index contributed by atoms with van der Waals surface area (Å²) in [6.07, 6.45) is 3.14. The standard InChI is InChI=1S/C21H17FN2O3/c1-15-4-2-3-5-19(15)24-20(25)11-10-18(23-24)14-21(26-12-13-27-21)16-6-8-17(22)9-7-16/h2-13H,14H2,1H3. The van der Waals surface area contributed by atoms with Crippen LogP contribution in [0.5, 0.6) is 0 Å². The quantitative estimate of drug-likeness (QED) is 0.710. The maximum absolute atomic E-state index is 13.3. The van der Waals surface area contributed by atoms with Gasteiger partial charge in [0.1, 0.15) is 18.3 Å². The summed E-state index contributed by atoms with van der Waals surface area (Å²) in [7, 11) is 0. The lowest BCUT2D eigenvalue weighted by molar-refractivity contribution is -0.149. The lowest BCUT2D eigenvalue weighted by Crippen LogP contribution is -2.32. The summed E-state index contributed by atoms with van der Waals surface area (Å²) in [5.74, 6) is -1.49. The Bertz CT molecular complexity index is 1050. The first-order valence-corrected chi connectivity index (χ1v) is 8.49. The maximum Gasteiger partial charge on any atom is 0.282 e. The minimum Gasteiger partial charge on any atom is -0.452 e. The van der Waals surface area contributed by atoms with Gasteiger partial charge in [-0.05, 0) is 48.9 Å². The van der Waals surface area contributed by atoms with Gasteiger partial charge in [-0.3, -0.25) is 4.79 Å². The van der Waals surface area contributed by atoms with Crippen LogP contribution >= 0.6 is 0 Å². The van der Waals surface area contributed by atoms with Crippen molar-refractivity contribution in [2.24, 2.45) is 0 Å². The second-order valence-corrected chi connectivity index (χ2v) is 6.31. The molecule has 0 bridgehead atoms. The fourth-order valence-corrected chi connectivity index (χ4v) is 3.08. The predicted molar refractivity (Wildman–Crippen MR) is 97.7 cm³/mol. The van der Waals surface area contributed by atoms with Gasteiger partial charge in [-0.2, -0.15) is 9.78 Å². The van der Waals surface area contributed by atoms with E-state index >= 15 is 0 Å². The van der Waals surface area contributed by atoms with Crippen LogP contribution < -0.4 is 5.56 Å². The van der Waals surface area contributed by atoms with Crippen molar-refractivity contribution >= 4 is 0 Å². The highest BCUT2D eigenvalue weighted by molar-refractivity contribution is 5.39. The van der Waals surface area contributed by atoms with E-state index in [0.717, 1.165) is 5.56 Å². The van der Waals surface area contributed by atoms with E-state index in [0.29, 0.717) is 16.9 Å². The van der Waals surface area contributed by atoms with Crippen molar-refractivity contribution in [1.29, 1.82) is 0 Å². The van der Waals surface area contributed by atoms with E-state index < -0.39 is 5.79 Å². The summed E-state index contributed by atoms with van der Waals surface area (Å²) >= 11 is 0. The minimum atomic E-state index is -1.14. The zero-order valence-corrected chi connectivity index (χ0v) is 14.6. The van der Waals surface area contributed by atoms with Crippen LogP contribution in [0.15, 0.2) is 78.0 Å². The molecular formula is C21H17FN2O3. The van der Waals surface area contributed by atoms with Crippen molar-refractivity contribution in [1.82, 2.24) is 9.78 Å². The molecule has 0 N–H and O–H groups in total. The summed E-state index contributed by atoms with van der Waals surface area (Å²) in [5.41, 5.74) is 2.68. The third kappa shape index (κ3) is 3.21. The molecule has 1 aromatic heterocycles. The van der Waals surface area contributed by atoms with E-state index in [1.54, 1.807) is 18.2 Å². The van der Waals surface area contributed by atoms with Crippen LogP contribution in [0, 0.1) is 12.7 Å². The van der Waals surface area contributed by atoms with Gasteiger partial charge in [0.15, 0.2) is 0 Å². The van der Waals surface area contributed by atoms with Crippen molar-refractivity contribution in [3.8, 4) is 5.69 Å². The number of benzene rings is 2. The highest BCUT2D eigenvalue weighted by Gasteiger charge is 2.39. The fraction of sp³-hybridized carbons (Fsp3) is 0.143. The number of halogens is 1. The smallest absolute Gasteiger partial charge is 0.282 e. The van der Waals surface area contributed by atoms with Crippen molar-refractivity contribution in [3.63, 3.8) is 0 Å². The highest BCUT2D eigenvalue weighted by atomic mass is 19.1. The summed E-state index contributed by atoms with van der Waals surface area (Å²) in [5, 5.41) is 4.50. The lowest BCUT2D eigenvalue weighted by atomic mass is 10.00. The van der Waals surface area contributed by atoms with Crippen molar-refractivity contribution < 1.29 is 13.9 Å². The molecule has 2 heterocycles. The summed E-state index contributed by atoms with van der Waals surface area (Å²) < 4.78 is 26.1. The molecule has 5 nitrogen and oxygen atoms in total. The van der Waals surface area contributed by atoms with Crippen LogP contribution in [0.4, 0.5) is 4.39 Å². The Hall–Kier alpha value is -3.41. The molecule has 1 aliphatic rings. The van der Waals surface area contributed by atoms with Gasteiger partial charge in [-0.15, -0.1) is 0 Å². The van der Waals surface area contributed by atoms with Gasteiger partial charge in [0.25, 0.3) is 11.3 Å². The Morgan fingerprint density at radius 2 is 1.70 bits per heavy atom. The zero-order valence-electron chi connectivity index (χ0n) is 14.6. The lowest BCUT2D eigenvalue weighted by Gasteiger charge is -2.28. The molecule has 1 aliphatic heterocycles. The first kappa shape index (κ1) is 17.0. The summed E-state index contributed by atoms with van der Waals surface area (Å²) in [6.45, 7) is 1.92. The van der Waals surface area contributed by atoms with Gasteiger partial charge in [-0.25, -0.2) is 4.39 Å². The van der Waals surface area contributed by atoms with E-state index in [4.69, 9.17) is 9.47 Å². The van der Waals surface area contributed by atoms with Gasteiger partial charge in [-0.1, -0.05) is 18.2 Å². The van der Waals surface area contributed by atoms with Crippen LogP contribution in [0.2, 0.25) is 0 Å². The molecule has 0 aliphatic carbocycles. The van der Waals surface area contributed by atoms with E-state index in [-0.39, 0.29) is 17.8 Å². The minimum absolute atomic E-state index is 0.227. The van der Waals surface area contributed by atoms with Crippen LogP contribution in [-0.4, -0.2) is 9.78 Å². The number of hydrogen-bond donors (Lipinski definition) is 0. The monoisotopic (exact) mass is 364 g/mol. The van der Waals surface area contributed by atoms with Gasteiger partial charge in [0.05, 0.1) is 17.8 Å². The van der Waals surface area contributed by atoms with Gasteiger partial charge in [0.2, 0.25) is 0 Å². The zero-order chi connectivity index (χ0) is 18.9. The molecule has 136 valence electrons. The highest BCUT2D eigenvalue weighted by Crippen LogP contribution is 2.35. The molecule has 6 heteroatoms. The Labute approximate surface area is 155 Å². The van der Waals surface area contributed by atoms with E-state index in [1.165, 1.54) is 35.4 Å². The van der Waals surface area contributed by atoms with Crippen LogP contribution in [0.3, 0.4) is 0 Å². The molecule has 0 unspecified atom stereocenters. The molecule has 4 rings (SSSR count). The van der Waals surface area contributed by atoms with Crippen molar-refractivity contribution in [2.75, 3.05) is 0 Å². The number of ether oxygens (including phenoxy) is 2. The molecule has 0 amide bonds. The topological polar surface area (TPSA) is 53.4 Å². The Morgan fingerprint density at radius 3 is 2.41 bits per heavy atom. The Balaban J connectivity index is 1.73.